The van der Waals surface area contributed by atoms with Gasteiger partial charge in [-0.05, 0) is 68.8 Å². The van der Waals surface area contributed by atoms with Gasteiger partial charge >= 0.3 is 12.1 Å². The van der Waals surface area contributed by atoms with E-state index in [-0.39, 0.29) is 6.54 Å². The van der Waals surface area contributed by atoms with Crippen molar-refractivity contribution in [3.05, 3.63) is 78.1 Å². The molecule has 0 saturated heterocycles. The van der Waals surface area contributed by atoms with Gasteiger partial charge in [0, 0.05) is 19.4 Å². The van der Waals surface area contributed by atoms with Crippen molar-refractivity contribution >= 4 is 12.1 Å². The predicted molar refractivity (Wildman–Crippen MR) is 119 cm³/mol. The quantitative estimate of drug-likeness (QED) is 0.463. The fraction of sp³-hybridized carbons (Fsp3) is 0.292. The van der Waals surface area contributed by atoms with E-state index in [1.807, 2.05) is 12.3 Å². The zero-order valence-corrected chi connectivity index (χ0v) is 18.6. The third-order valence-electron chi connectivity index (χ3n) is 4.50. The molecular formula is C24H27N3O5. The van der Waals surface area contributed by atoms with Gasteiger partial charge in [0.05, 0.1) is 23.9 Å². The number of amides is 1. The molecule has 2 aromatic carbocycles. The number of aliphatic hydroxyl groups is 1. The molecular weight excluding hydrogens is 410 g/mol. The van der Waals surface area contributed by atoms with Crippen LogP contribution >= 0.6 is 0 Å². The van der Waals surface area contributed by atoms with Gasteiger partial charge < -0.3 is 19.5 Å². The Morgan fingerprint density at radius 3 is 2.31 bits per heavy atom. The number of carbonyl (C=O) groups is 2. The molecule has 0 aliphatic rings. The minimum atomic E-state index is -0.910. The SMILES string of the molecule is CN(CC(O)c1ccc(OC(=O)c2ccc(-n3cccn3)cc2)cc1)C(=O)OC(C)(C)C. The van der Waals surface area contributed by atoms with Crippen LogP contribution in [-0.2, 0) is 4.74 Å². The van der Waals surface area contributed by atoms with E-state index in [1.54, 1.807) is 87.2 Å². The van der Waals surface area contributed by atoms with Crippen molar-refractivity contribution in [3.63, 3.8) is 0 Å². The topological polar surface area (TPSA) is 93.9 Å². The summed E-state index contributed by atoms with van der Waals surface area (Å²) in [5.74, 6) is -0.141. The smallest absolute Gasteiger partial charge is 0.410 e. The molecule has 1 heterocycles. The van der Waals surface area contributed by atoms with Crippen LogP contribution in [-0.4, -0.2) is 51.0 Å². The molecule has 0 aliphatic heterocycles. The number of likely N-dealkylation sites (N-methyl/N-ethyl adjacent to an activating group) is 1. The lowest BCUT2D eigenvalue weighted by molar-refractivity contribution is 0.0205. The summed E-state index contributed by atoms with van der Waals surface area (Å²) in [7, 11) is 1.56. The molecule has 168 valence electrons. The van der Waals surface area contributed by atoms with E-state index in [1.165, 1.54) is 4.90 Å². The number of nitrogens with zero attached hydrogens (tertiary/aromatic N) is 3. The average molecular weight is 437 g/mol. The summed E-state index contributed by atoms with van der Waals surface area (Å²) in [5, 5.41) is 14.6. The maximum atomic E-state index is 12.4. The molecule has 32 heavy (non-hydrogen) atoms. The summed E-state index contributed by atoms with van der Waals surface area (Å²) in [6.07, 6.45) is 2.07. The molecule has 3 aromatic rings. The number of aromatic nitrogens is 2. The van der Waals surface area contributed by atoms with Crippen molar-refractivity contribution < 1.29 is 24.2 Å². The summed E-state index contributed by atoms with van der Waals surface area (Å²) in [6, 6.07) is 15.2. The van der Waals surface area contributed by atoms with E-state index >= 15 is 0 Å². The van der Waals surface area contributed by atoms with E-state index in [4.69, 9.17) is 9.47 Å². The van der Waals surface area contributed by atoms with E-state index in [0.717, 1.165) is 5.69 Å². The highest BCUT2D eigenvalue weighted by molar-refractivity contribution is 5.91. The van der Waals surface area contributed by atoms with Crippen LogP contribution < -0.4 is 4.74 Å². The summed E-state index contributed by atoms with van der Waals surface area (Å²) >= 11 is 0. The first kappa shape index (κ1) is 23.0. The van der Waals surface area contributed by atoms with Crippen LogP contribution in [0.1, 0.15) is 42.8 Å². The summed E-state index contributed by atoms with van der Waals surface area (Å²) < 4.78 is 12.4. The van der Waals surface area contributed by atoms with E-state index in [0.29, 0.717) is 16.9 Å². The van der Waals surface area contributed by atoms with Crippen molar-refractivity contribution in [2.45, 2.75) is 32.5 Å². The number of benzene rings is 2. The van der Waals surface area contributed by atoms with Crippen molar-refractivity contribution in [3.8, 4) is 11.4 Å². The Bertz CT molecular complexity index is 1040. The number of hydrogen-bond donors (Lipinski definition) is 1. The molecule has 0 bridgehead atoms. The minimum absolute atomic E-state index is 0.0661. The molecule has 0 spiro atoms. The van der Waals surface area contributed by atoms with Gasteiger partial charge in [0.2, 0.25) is 0 Å². The molecule has 1 aromatic heterocycles. The first-order valence-corrected chi connectivity index (χ1v) is 10.2. The Hall–Kier alpha value is -3.65. The fourth-order valence-corrected chi connectivity index (χ4v) is 2.87. The monoisotopic (exact) mass is 437 g/mol. The third kappa shape index (κ3) is 6.18. The van der Waals surface area contributed by atoms with Crippen LogP contribution in [0.25, 0.3) is 5.69 Å². The first-order chi connectivity index (χ1) is 15.1. The number of carbonyl (C=O) groups excluding carboxylic acids is 2. The Morgan fingerprint density at radius 1 is 1.09 bits per heavy atom. The Balaban J connectivity index is 1.57. The number of hydrogen-bond acceptors (Lipinski definition) is 6. The lowest BCUT2D eigenvalue weighted by Gasteiger charge is -2.26. The van der Waals surface area contributed by atoms with Gasteiger partial charge in [-0.25, -0.2) is 14.3 Å². The molecule has 0 fully saturated rings. The average Bonchev–Trinajstić information content (AvgIpc) is 3.28. The minimum Gasteiger partial charge on any atom is -0.444 e. The van der Waals surface area contributed by atoms with Gasteiger partial charge in [0.1, 0.15) is 11.4 Å². The molecule has 1 atom stereocenters. The summed E-state index contributed by atoms with van der Waals surface area (Å²) in [5.41, 5.74) is 1.22. The lowest BCUT2D eigenvalue weighted by atomic mass is 10.1. The highest BCUT2D eigenvalue weighted by Gasteiger charge is 2.22. The first-order valence-electron chi connectivity index (χ1n) is 10.2. The van der Waals surface area contributed by atoms with Crippen LogP contribution in [0.5, 0.6) is 5.75 Å². The zero-order valence-electron chi connectivity index (χ0n) is 18.6. The molecule has 1 amide bonds. The Kier molecular flexibility index (Phi) is 6.95. The van der Waals surface area contributed by atoms with Gasteiger partial charge in [-0.2, -0.15) is 5.10 Å². The second-order valence-corrected chi connectivity index (χ2v) is 8.33. The van der Waals surface area contributed by atoms with E-state index in [9.17, 15) is 14.7 Å². The van der Waals surface area contributed by atoms with Crippen molar-refractivity contribution in [1.29, 1.82) is 0 Å². The van der Waals surface area contributed by atoms with Crippen molar-refractivity contribution in [2.24, 2.45) is 0 Å². The normalized spacial score (nSPS) is 12.2. The van der Waals surface area contributed by atoms with Crippen molar-refractivity contribution in [1.82, 2.24) is 14.7 Å². The molecule has 1 unspecified atom stereocenters. The number of rotatable bonds is 6. The van der Waals surface area contributed by atoms with Gasteiger partial charge in [0.15, 0.2) is 0 Å². The van der Waals surface area contributed by atoms with Crippen LogP contribution in [0.3, 0.4) is 0 Å². The lowest BCUT2D eigenvalue weighted by Crippen LogP contribution is -2.36. The number of aliphatic hydroxyl groups excluding tert-OH is 1. The van der Waals surface area contributed by atoms with E-state index in [2.05, 4.69) is 5.10 Å². The molecule has 3 rings (SSSR count). The van der Waals surface area contributed by atoms with Crippen LogP contribution in [0.4, 0.5) is 4.79 Å². The summed E-state index contributed by atoms with van der Waals surface area (Å²) in [4.78, 5) is 25.8. The maximum absolute atomic E-state index is 12.4. The van der Waals surface area contributed by atoms with Gasteiger partial charge in [-0.3, -0.25) is 0 Å². The second-order valence-electron chi connectivity index (χ2n) is 8.33. The van der Waals surface area contributed by atoms with Crippen LogP contribution in [0.15, 0.2) is 67.0 Å². The third-order valence-corrected chi connectivity index (χ3v) is 4.50. The van der Waals surface area contributed by atoms with E-state index < -0.39 is 23.8 Å². The van der Waals surface area contributed by atoms with Gasteiger partial charge in [-0.1, -0.05) is 12.1 Å². The Morgan fingerprint density at radius 2 is 1.75 bits per heavy atom. The molecule has 8 heteroatoms. The predicted octanol–water partition coefficient (Wildman–Crippen LogP) is 3.99. The standard InChI is InChI=1S/C24H27N3O5/c1-24(2,3)32-23(30)26(4)16-21(28)17-8-12-20(13-9-17)31-22(29)18-6-10-19(11-7-18)27-15-5-14-25-27/h5-15,21,28H,16H2,1-4H3. The second kappa shape index (κ2) is 9.65. The maximum Gasteiger partial charge on any atom is 0.410 e. The van der Waals surface area contributed by atoms with Crippen LogP contribution in [0.2, 0.25) is 0 Å². The fourth-order valence-electron chi connectivity index (χ4n) is 2.87. The highest BCUT2D eigenvalue weighted by Crippen LogP contribution is 2.20. The molecule has 0 aliphatic carbocycles. The molecule has 0 radical (unpaired) electrons. The number of esters is 1. The van der Waals surface area contributed by atoms with Gasteiger partial charge in [0.25, 0.3) is 0 Å². The van der Waals surface area contributed by atoms with Gasteiger partial charge in [-0.15, -0.1) is 0 Å². The largest absolute Gasteiger partial charge is 0.444 e. The Labute approximate surface area is 187 Å². The molecule has 8 nitrogen and oxygen atoms in total. The van der Waals surface area contributed by atoms with Crippen LogP contribution in [0, 0.1) is 0 Å². The van der Waals surface area contributed by atoms with Crippen molar-refractivity contribution in [2.75, 3.05) is 13.6 Å². The molecule has 1 N–H and O–H groups in total. The highest BCUT2D eigenvalue weighted by atomic mass is 16.6. The zero-order chi connectivity index (χ0) is 23.3. The number of ether oxygens (including phenoxy) is 2. The molecule has 0 saturated carbocycles. The summed E-state index contributed by atoms with van der Waals surface area (Å²) in [6.45, 7) is 5.41.